The van der Waals surface area contributed by atoms with Crippen LogP contribution in [0, 0.1) is 21.3 Å². The van der Waals surface area contributed by atoms with Crippen LogP contribution >= 0.6 is 32.0 Å². The van der Waals surface area contributed by atoms with Gasteiger partial charge in [0.05, 0.1) is 0 Å². The summed E-state index contributed by atoms with van der Waals surface area (Å²) < 4.78 is 31.1. The van der Waals surface area contributed by atoms with Gasteiger partial charge in [0.2, 0.25) is 0 Å². The summed E-state index contributed by atoms with van der Waals surface area (Å²) in [6.07, 6.45) is 0. The molecule has 5 nitrogen and oxygen atoms in total. The number of thiocyanates is 2. The number of hydrogen-bond acceptors (Lipinski definition) is 7. The Hall–Kier alpha value is 0.850. The van der Waals surface area contributed by atoms with Crippen LogP contribution in [0.25, 0.3) is 0 Å². The fraction of sp³-hybridized carbons (Fsp3) is 0. The Morgan fingerprint density at radius 1 is 1.15 bits per heavy atom. The second kappa shape index (κ2) is 6.36. The van der Waals surface area contributed by atoms with Gasteiger partial charge in [0.1, 0.15) is 0 Å². The van der Waals surface area contributed by atoms with Crippen molar-refractivity contribution in [2.75, 3.05) is 0 Å². The second-order valence-electron chi connectivity index (χ2n) is 1.20. The molecule has 0 radical (unpaired) electrons. The minimum Gasteiger partial charge on any atom is 1.00 e. The first-order chi connectivity index (χ1) is 5.39. The van der Waals surface area contributed by atoms with Gasteiger partial charge in [-0.05, 0) is 0 Å². The Bertz CT molecular complexity index is 224. The van der Waals surface area contributed by atoms with E-state index in [-0.39, 0.29) is 53.6 Å². The summed E-state index contributed by atoms with van der Waals surface area (Å²) in [4.78, 5) is 10.2. The molecule has 0 bridgehead atoms. The molecule has 0 fully saturated rings. The van der Waals surface area contributed by atoms with Crippen LogP contribution in [0.15, 0.2) is 0 Å². The quantitative estimate of drug-likeness (QED) is 0.267. The van der Waals surface area contributed by atoms with E-state index in [1.165, 1.54) is 0 Å². The van der Waals surface area contributed by atoms with Crippen molar-refractivity contribution in [3.8, 4) is 10.8 Å². The maximum absolute atomic E-state index is 12.3. The number of nitriles is 2. The molecule has 0 saturated heterocycles. The maximum Gasteiger partial charge on any atom is 1.00 e. The first kappa shape index (κ1) is 16.3. The predicted octanol–water partition coefficient (Wildman–Crippen LogP) is -1.29. The summed E-state index contributed by atoms with van der Waals surface area (Å²) in [7, 11) is -6.97. The van der Waals surface area contributed by atoms with E-state index in [0.717, 1.165) is 10.8 Å². The van der Waals surface area contributed by atoms with E-state index < -0.39 is 7.91 Å². The number of hydrogen-bond donors (Lipinski definition) is 0. The van der Waals surface area contributed by atoms with Crippen molar-refractivity contribution >= 4 is 32.0 Å². The van der Waals surface area contributed by atoms with E-state index >= 15 is 0 Å². The van der Waals surface area contributed by atoms with Gasteiger partial charge in [0.25, 0.3) is 0 Å². The first-order valence-corrected chi connectivity index (χ1v) is 5.33. The van der Waals surface area contributed by atoms with E-state index in [9.17, 15) is 13.3 Å². The largest absolute Gasteiger partial charge is 1.00 e. The minimum atomic E-state index is -6.97. The van der Waals surface area contributed by atoms with Gasteiger partial charge in [0, 0.05) is 0 Å². The molecule has 0 saturated carbocycles. The zero-order chi connectivity index (χ0) is 9.69. The molecule has 0 spiro atoms. The molecule has 0 rings (SSSR count). The van der Waals surface area contributed by atoms with Gasteiger partial charge in [-0.25, -0.2) is 0 Å². The third-order valence-electron chi connectivity index (χ3n) is 0.383. The minimum absolute atomic E-state index is 0. The summed E-state index contributed by atoms with van der Waals surface area (Å²) in [5.74, 6) is 0. The van der Waals surface area contributed by atoms with Crippen LogP contribution in [0.3, 0.4) is 0 Å². The van der Waals surface area contributed by atoms with Crippen molar-refractivity contribution in [2.24, 2.45) is 0 Å². The molecule has 0 aromatic heterocycles. The smallest absolute Gasteiger partial charge is 1.00 e. The molecular formula is C2F2N2NaO3PS2. The molecule has 0 aromatic carbocycles. The average Bonchev–Trinajstić information content (AvgIpc) is 1.97. The molecular weight excluding hydrogens is 256 g/mol. The zero-order valence-corrected chi connectivity index (χ0v) is 10.7. The number of rotatable bonds is 4. The van der Waals surface area contributed by atoms with Crippen LogP contribution in [-0.2, 0) is 7.94 Å². The molecule has 68 valence electrons. The zero-order valence-electron chi connectivity index (χ0n) is 6.14. The summed E-state index contributed by atoms with van der Waals surface area (Å²) in [6, 6.07) is 0. The molecule has 0 heterocycles. The summed E-state index contributed by atoms with van der Waals surface area (Å²) >= 11 is -0.765. The molecule has 0 unspecified atom stereocenters. The van der Waals surface area contributed by atoms with E-state index in [2.05, 4.69) is 7.94 Å². The van der Waals surface area contributed by atoms with Crippen molar-refractivity contribution in [3.05, 3.63) is 0 Å². The molecule has 0 aromatic rings. The fourth-order valence-corrected chi connectivity index (χ4v) is 1.69. The third kappa shape index (κ3) is 9.16. The van der Waals surface area contributed by atoms with Gasteiger partial charge in [0.15, 0.2) is 0 Å². The monoisotopic (exact) mass is 256 g/mol. The summed E-state index contributed by atoms with van der Waals surface area (Å²) in [6.45, 7) is 0. The van der Waals surface area contributed by atoms with Crippen LogP contribution in [-0.4, -0.2) is 0 Å². The Balaban J connectivity index is 0. The average molecular weight is 256 g/mol. The molecule has 0 aliphatic carbocycles. The Labute approximate surface area is 103 Å². The van der Waals surface area contributed by atoms with Crippen LogP contribution in [0.2, 0.25) is 0 Å². The van der Waals surface area contributed by atoms with Crippen molar-refractivity contribution in [1.29, 1.82) is 10.5 Å². The molecule has 0 atom stereocenters. The van der Waals surface area contributed by atoms with Crippen LogP contribution in [0.1, 0.15) is 0 Å². The summed E-state index contributed by atoms with van der Waals surface area (Å²) in [5.41, 5.74) is 0. The van der Waals surface area contributed by atoms with E-state index in [1.807, 2.05) is 0 Å². The second-order valence-corrected chi connectivity index (χ2v) is 4.49. The number of nitrogens with zero attached hydrogens (tertiary/aromatic N) is 2. The van der Waals surface area contributed by atoms with Crippen LogP contribution in [0.4, 0.5) is 8.39 Å². The van der Waals surface area contributed by atoms with Crippen molar-refractivity contribution in [3.63, 3.8) is 0 Å². The standard InChI is InChI=1S/C2F2N2O3PS2.Na/c3-10(4,7,8-11-1-5)9-12-2-6;/q-1;+1. The van der Waals surface area contributed by atoms with Gasteiger partial charge >= 0.3 is 104 Å². The molecule has 0 amide bonds. The Kier molecular flexibility index (Phi) is 7.96. The van der Waals surface area contributed by atoms with Crippen LogP contribution in [0.5, 0.6) is 0 Å². The Morgan fingerprint density at radius 2 is 1.46 bits per heavy atom. The van der Waals surface area contributed by atoms with Gasteiger partial charge in [-0.15, -0.1) is 0 Å². The molecule has 11 heteroatoms. The van der Waals surface area contributed by atoms with Crippen LogP contribution < -0.4 is 34.5 Å². The van der Waals surface area contributed by atoms with Crippen molar-refractivity contribution in [2.45, 2.75) is 0 Å². The van der Waals surface area contributed by atoms with E-state index in [4.69, 9.17) is 10.5 Å². The molecule has 13 heavy (non-hydrogen) atoms. The Morgan fingerprint density at radius 3 is 1.69 bits per heavy atom. The molecule has 0 N–H and O–H groups in total. The molecule has 0 aliphatic heterocycles. The third-order valence-corrected chi connectivity index (χ3v) is 3.00. The fourth-order valence-electron chi connectivity index (χ4n) is 0.163. The van der Waals surface area contributed by atoms with Gasteiger partial charge < -0.3 is 0 Å². The predicted molar refractivity (Wildman–Crippen MR) is 37.7 cm³/mol. The first-order valence-electron chi connectivity index (χ1n) is 2.07. The normalized spacial score (nSPS) is 12.8. The van der Waals surface area contributed by atoms with Crippen molar-refractivity contribution < 1.29 is 50.8 Å². The van der Waals surface area contributed by atoms with Gasteiger partial charge in [-0.1, -0.05) is 0 Å². The van der Waals surface area contributed by atoms with Gasteiger partial charge in [-0.2, -0.15) is 0 Å². The van der Waals surface area contributed by atoms with E-state index in [0.29, 0.717) is 0 Å². The molecule has 0 aliphatic rings. The summed E-state index contributed by atoms with van der Waals surface area (Å²) in [5, 5.41) is 17.8. The number of halogens is 2. The maximum atomic E-state index is 12.3. The van der Waals surface area contributed by atoms with Crippen molar-refractivity contribution in [1.82, 2.24) is 0 Å². The SMILES string of the molecule is N#CSOP([O-])(F)(F)OSC#N.[Na+]. The van der Waals surface area contributed by atoms with E-state index in [1.54, 1.807) is 0 Å². The van der Waals surface area contributed by atoms with Gasteiger partial charge in [-0.3, -0.25) is 0 Å². The topological polar surface area (TPSA) is 89.1 Å².